The normalized spacial score (nSPS) is 17.4. The Balaban J connectivity index is 1.67. The Kier molecular flexibility index (Phi) is 6.49. The van der Waals surface area contributed by atoms with Gasteiger partial charge in [-0.15, -0.1) is 0 Å². The van der Waals surface area contributed by atoms with Crippen molar-refractivity contribution in [3.8, 4) is 0 Å². The van der Waals surface area contributed by atoms with Crippen LogP contribution in [0, 0.1) is 0 Å². The van der Waals surface area contributed by atoms with Gasteiger partial charge in [0, 0.05) is 57.5 Å². The van der Waals surface area contributed by atoms with Crippen molar-refractivity contribution in [3.05, 3.63) is 60.2 Å². The number of hydrogen-bond donors (Lipinski definition) is 1. The summed E-state index contributed by atoms with van der Waals surface area (Å²) in [7, 11) is 0. The van der Waals surface area contributed by atoms with Gasteiger partial charge in [0.05, 0.1) is 12.5 Å². The Morgan fingerprint density at radius 3 is 2.74 bits per heavy atom. The van der Waals surface area contributed by atoms with Crippen LogP contribution in [0.2, 0.25) is 0 Å². The third-order valence-electron chi connectivity index (χ3n) is 4.78. The summed E-state index contributed by atoms with van der Waals surface area (Å²) in [5.74, 6) is -0.106. The summed E-state index contributed by atoms with van der Waals surface area (Å²) in [6.07, 6.45) is 7.14. The molecule has 1 unspecified atom stereocenters. The molecule has 0 radical (unpaired) electrons. The van der Waals surface area contributed by atoms with Gasteiger partial charge in [0.1, 0.15) is 0 Å². The number of amides is 2. The van der Waals surface area contributed by atoms with Crippen LogP contribution in [-0.4, -0.2) is 57.3 Å². The van der Waals surface area contributed by atoms with Crippen LogP contribution in [0.1, 0.15) is 24.5 Å². The number of pyridine rings is 2. The topological polar surface area (TPSA) is 78.4 Å². The van der Waals surface area contributed by atoms with Crippen LogP contribution >= 0.6 is 0 Å². The highest BCUT2D eigenvalue weighted by Crippen LogP contribution is 2.15. The van der Waals surface area contributed by atoms with Crippen LogP contribution < -0.4 is 5.32 Å². The molecule has 27 heavy (non-hydrogen) atoms. The van der Waals surface area contributed by atoms with Crippen molar-refractivity contribution < 1.29 is 9.59 Å². The van der Waals surface area contributed by atoms with E-state index in [4.69, 9.17) is 0 Å². The van der Waals surface area contributed by atoms with E-state index in [1.54, 1.807) is 29.7 Å². The minimum absolute atomic E-state index is 0.0208. The maximum absolute atomic E-state index is 12.9. The quantitative estimate of drug-likeness (QED) is 0.796. The van der Waals surface area contributed by atoms with Gasteiger partial charge in [0.25, 0.3) is 0 Å². The van der Waals surface area contributed by atoms with E-state index in [1.807, 2.05) is 31.2 Å². The molecule has 1 atom stereocenters. The van der Waals surface area contributed by atoms with Crippen LogP contribution in [0.5, 0.6) is 0 Å². The highest BCUT2D eigenvalue weighted by molar-refractivity contribution is 5.88. The van der Waals surface area contributed by atoms with E-state index in [0.717, 1.165) is 17.7 Å². The molecule has 3 rings (SSSR count). The SMILES string of the molecule is CCN(Cc1ccncc1)C(=O)CC1C(=O)NCCN1Cc1cccnc1. The van der Waals surface area contributed by atoms with Gasteiger partial charge in [-0.05, 0) is 36.2 Å². The predicted octanol–water partition coefficient (Wildman–Crippen LogP) is 1.22. The van der Waals surface area contributed by atoms with Crippen molar-refractivity contribution >= 4 is 11.8 Å². The second kappa shape index (κ2) is 9.23. The third-order valence-corrected chi connectivity index (χ3v) is 4.78. The molecule has 0 saturated carbocycles. The molecule has 0 spiro atoms. The first-order valence-corrected chi connectivity index (χ1v) is 9.24. The molecular formula is C20H25N5O2. The maximum atomic E-state index is 12.9. The predicted molar refractivity (Wildman–Crippen MR) is 101 cm³/mol. The number of piperazine rings is 1. The summed E-state index contributed by atoms with van der Waals surface area (Å²) in [5, 5.41) is 2.88. The minimum atomic E-state index is -0.460. The zero-order chi connectivity index (χ0) is 19.1. The Labute approximate surface area is 159 Å². The lowest BCUT2D eigenvalue weighted by molar-refractivity contribution is -0.139. The maximum Gasteiger partial charge on any atom is 0.237 e. The van der Waals surface area contributed by atoms with Crippen LogP contribution in [0.15, 0.2) is 49.1 Å². The monoisotopic (exact) mass is 367 g/mol. The van der Waals surface area contributed by atoms with Crippen LogP contribution in [0.4, 0.5) is 0 Å². The van der Waals surface area contributed by atoms with Gasteiger partial charge in [0.2, 0.25) is 11.8 Å². The van der Waals surface area contributed by atoms with E-state index in [-0.39, 0.29) is 18.2 Å². The first-order valence-electron chi connectivity index (χ1n) is 9.24. The van der Waals surface area contributed by atoms with E-state index >= 15 is 0 Å². The Morgan fingerprint density at radius 1 is 1.22 bits per heavy atom. The summed E-state index contributed by atoms with van der Waals surface area (Å²) >= 11 is 0. The lowest BCUT2D eigenvalue weighted by Gasteiger charge is -2.35. The summed E-state index contributed by atoms with van der Waals surface area (Å²) < 4.78 is 0. The second-order valence-electron chi connectivity index (χ2n) is 6.61. The van der Waals surface area contributed by atoms with Crippen LogP contribution in [0.25, 0.3) is 0 Å². The third kappa shape index (κ3) is 5.10. The fourth-order valence-corrected chi connectivity index (χ4v) is 3.28. The largest absolute Gasteiger partial charge is 0.353 e. The zero-order valence-corrected chi connectivity index (χ0v) is 15.5. The molecule has 0 aromatic carbocycles. The number of carbonyl (C=O) groups excluding carboxylic acids is 2. The van der Waals surface area contributed by atoms with Crippen molar-refractivity contribution in [2.75, 3.05) is 19.6 Å². The van der Waals surface area contributed by atoms with Gasteiger partial charge in [-0.3, -0.25) is 24.5 Å². The van der Waals surface area contributed by atoms with Gasteiger partial charge in [-0.1, -0.05) is 6.07 Å². The number of aromatic nitrogens is 2. The van der Waals surface area contributed by atoms with E-state index in [2.05, 4.69) is 20.2 Å². The molecule has 1 fully saturated rings. The molecule has 142 valence electrons. The number of nitrogens with zero attached hydrogens (tertiary/aromatic N) is 4. The Morgan fingerprint density at radius 2 is 2.04 bits per heavy atom. The molecule has 2 aromatic heterocycles. The first kappa shape index (κ1) is 19.0. The van der Waals surface area contributed by atoms with Gasteiger partial charge in [-0.25, -0.2) is 0 Å². The first-order chi connectivity index (χ1) is 13.2. The number of carbonyl (C=O) groups is 2. The molecule has 1 aliphatic heterocycles. The number of hydrogen-bond acceptors (Lipinski definition) is 5. The fraction of sp³-hybridized carbons (Fsp3) is 0.400. The van der Waals surface area contributed by atoms with Crippen LogP contribution in [0.3, 0.4) is 0 Å². The molecule has 2 aromatic rings. The number of rotatable bonds is 7. The summed E-state index contributed by atoms with van der Waals surface area (Å²) in [4.78, 5) is 37.3. The highest BCUT2D eigenvalue weighted by Gasteiger charge is 2.32. The minimum Gasteiger partial charge on any atom is -0.353 e. The van der Waals surface area contributed by atoms with Gasteiger partial charge < -0.3 is 10.2 Å². The van der Waals surface area contributed by atoms with Crippen molar-refractivity contribution in [1.82, 2.24) is 25.1 Å². The van der Waals surface area contributed by atoms with Gasteiger partial charge in [-0.2, -0.15) is 0 Å². The lowest BCUT2D eigenvalue weighted by atomic mass is 10.1. The van der Waals surface area contributed by atoms with Gasteiger partial charge in [0.15, 0.2) is 0 Å². The molecule has 1 saturated heterocycles. The summed E-state index contributed by atoms with van der Waals surface area (Å²) in [6, 6.07) is 7.21. The average Bonchev–Trinajstić information content (AvgIpc) is 2.70. The smallest absolute Gasteiger partial charge is 0.237 e. The summed E-state index contributed by atoms with van der Waals surface area (Å²) in [6.45, 7) is 4.99. The Hall–Kier alpha value is -2.80. The molecular weight excluding hydrogens is 342 g/mol. The van der Waals surface area contributed by atoms with Crippen molar-refractivity contribution in [2.45, 2.75) is 32.5 Å². The van der Waals surface area contributed by atoms with Crippen molar-refractivity contribution in [3.63, 3.8) is 0 Å². The summed E-state index contributed by atoms with van der Waals surface area (Å²) in [5.41, 5.74) is 2.06. The zero-order valence-electron chi connectivity index (χ0n) is 15.5. The van der Waals surface area contributed by atoms with E-state index in [1.165, 1.54) is 0 Å². The number of nitrogens with one attached hydrogen (secondary N) is 1. The molecule has 1 N–H and O–H groups in total. The molecule has 3 heterocycles. The van der Waals surface area contributed by atoms with Gasteiger partial charge >= 0.3 is 0 Å². The van der Waals surface area contributed by atoms with Crippen LogP contribution in [-0.2, 0) is 22.7 Å². The second-order valence-corrected chi connectivity index (χ2v) is 6.61. The van der Waals surface area contributed by atoms with Crippen molar-refractivity contribution in [1.29, 1.82) is 0 Å². The van der Waals surface area contributed by atoms with E-state index in [0.29, 0.717) is 26.2 Å². The Bertz CT molecular complexity index is 753. The molecule has 0 aliphatic carbocycles. The molecule has 0 bridgehead atoms. The fourth-order valence-electron chi connectivity index (χ4n) is 3.28. The molecule has 2 amide bonds. The molecule has 1 aliphatic rings. The standard InChI is InChI=1S/C20H25N5O2/c1-2-24(14-16-5-8-21-9-6-16)19(26)12-18-20(27)23-10-11-25(18)15-17-4-3-7-22-13-17/h3-9,13,18H,2,10-12,14-15H2,1H3,(H,23,27). The lowest BCUT2D eigenvalue weighted by Crippen LogP contribution is -2.56. The molecule has 7 heteroatoms. The van der Waals surface area contributed by atoms with E-state index < -0.39 is 6.04 Å². The van der Waals surface area contributed by atoms with Crippen molar-refractivity contribution in [2.24, 2.45) is 0 Å². The average molecular weight is 367 g/mol. The van der Waals surface area contributed by atoms with E-state index in [9.17, 15) is 9.59 Å². The highest BCUT2D eigenvalue weighted by atomic mass is 16.2. The molecule has 7 nitrogen and oxygen atoms in total.